The van der Waals surface area contributed by atoms with E-state index in [1.165, 1.54) is 5.56 Å². The van der Waals surface area contributed by atoms with Crippen molar-refractivity contribution in [1.82, 2.24) is 20.4 Å². The Morgan fingerprint density at radius 2 is 2.26 bits per heavy atom. The van der Waals surface area contributed by atoms with Gasteiger partial charge in [0.2, 0.25) is 0 Å². The summed E-state index contributed by atoms with van der Waals surface area (Å²) in [5.41, 5.74) is 9.90. The van der Waals surface area contributed by atoms with Gasteiger partial charge in [-0.25, -0.2) is 0 Å². The number of hydrogen-bond acceptors (Lipinski definition) is 4. The van der Waals surface area contributed by atoms with Crippen LogP contribution >= 0.6 is 0 Å². The lowest BCUT2D eigenvalue weighted by Crippen LogP contribution is -2.26. The first-order valence-corrected chi connectivity index (χ1v) is 6.42. The number of aromatic nitrogens is 2. The summed E-state index contributed by atoms with van der Waals surface area (Å²) >= 11 is 0. The molecule has 102 valence electrons. The highest BCUT2D eigenvalue weighted by Crippen LogP contribution is 2.23. The molecule has 2 aromatic rings. The van der Waals surface area contributed by atoms with Gasteiger partial charge < -0.3 is 16.0 Å². The van der Waals surface area contributed by atoms with E-state index in [1.54, 1.807) is 0 Å². The van der Waals surface area contributed by atoms with Crippen molar-refractivity contribution in [3.8, 4) is 11.3 Å². The zero-order valence-corrected chi connectivity index (χ0v) is 11.5. The molecule has 1 aromatic heterocycles. The van der Waals surface area contributed by atoms with E-state index in [9.17, 15) is 0 Å². The topological polar surface area (TPSA) is 70.0 Å². The molecule has 0 saturated heterocycles. The number of anilines is 1. The van der Waals surface area contributed by atoms with Crippen molar-refractivity contribution in [2.45, 2.75) is 6.54 Å². The highest BCUT2D eigenvalue weighted by Gasteiger charge is 2.10. The van der Waals surface area contributed by atoms with Crippen LogP contribution in [0.3, 0.4) is 0 Å². The second kappa shape index (κ2) is 6.36. The molecule has 0 aliphatic rings. The maximum absolute atomic E-state index is 5.83. The average molecular weight is 259 g/mol. The Morgan fingerprint density at radius 3 is 3.00 bits per heavy atom. The van der Waals surface area contributed by atoms with Crippen molar-refractivity contribution in [3.63, 3.8) is 0 Å². The Morgan fingerprint density at radius 1 is 1.42 bits per heavy atom. The van der Waals surface area contributed by atoms with Crippen LogP contribution in [0.4, 0.5) is 5.69 Å². The molecule has 0 bridgehead atoms. The smallest absolute Gasteiger partial charge is 0.0696 e. The zero-order chi connectivity index (χ0) is 13.7. The molecule has 4 N–H and O–H groups in total. The Hall–Kier alpha value is -1.85. The van der Waals surface area contributed by atoms with Gasteiger partial charge in [-0.15, -0.1) is 0 Å². The summed E-state index contributed by atoms with van der Waals surface area (Å²) in [7, 11) is 4.07. The number of benzene rings is 1. The fraction of sp³-hybridized carbons (Fsp3) is 0.357. The lowest BCUT2D eigenvalue weighted by Gasteiger charge is -2.16. The normalized spacial score (nSPS) is 11.1. The maximum atomic E-state index is 5.83. The van der Waals surface area contributed by atoms with Crippen molar-refractivity contribution in [1.29, 1.82) is 0 Å². The minimum atomic E-state index is 0.765. The lowest BCUT2D eigenvalue weighted by atomic mass is 10.1. The number of nitrogens with zero attached hydrogens (tertiary/aromatic N) is 2. The van der Waals surface area contributed by atoms with E-state index in [2.05, 4.69) is 27.5 Å². The second-order valence-electron chi connectivity index (χ2n) is 4.74. The Labute approximate surface area is 113 Å². The van der Waals surface area contributed by atoms with Gasteiger partial charge in [0.15, 0.2) is 0 Å². The number of nitrogen functional groups attached to an aromatic ring is 1. The molecule has 5 nitrogen and oxygen atoms in total. The molecule has 5 heteroatoms. The molecule has 0 unspecified atom stereocenters. The summed E-state index contributed by atoms with van der Waals surface area (Å²) in [5, 5.41) is 10.4. The Bertz CT molecular complexity index is 520. The van der Waals surface area contributed by atoms with Crippen LogP contribution in [0.2, 0.25) is 0 Å². The standard InChI is InChI=1S/C14H21N5/c1-16-6-7-19(2)10-12-9-17-18-14(12)11-4-3-5-13(15)8-11/h3-5,8-9,16H,6-7,10,15H2,1-2H3,(H,17,18). The number of H-pyrrole nitrogens is 1. The van der Waals surface area contributed by atoms with Crippen molar-refractivity contribution in [2.75, 3.05) is 32.9 Å². The van der Waals surface area contributed by atoms with E-state index in [0.717, 1.165) is 36.6 Å². The number of nitrogens with one attached hydrogen (secondary N) is 2. The number of rotatable bonds is 6. The van der Waals surface area contributed by atoms with E-state index < -0.39 is 0 Å². The van der Waals surface area contributed by atoms with Gasteiger partial charge in [-0.3, -0.25) is 5.10 Å². The first kappa shape index (κ1) is 13.6. The van der Waals surface area contributed by atoms with Gasteiger partial charge >= 0.3 is 0 Å². The molecule has 2 rings (SSSR count). The molecule has 0 fully saturated rings. The molecule has 0 saturated carbocycles. The molecule has 1 heterocycles. The summed E-state index contributed by atoms with van der Waals surface area (Å²) in [5.74, 6) is 0. The molecule has 1 aromatic carbocycles. The monoisotopic (exact) mass is 259 g/mol. The van der Waals surface area contributed by atoms with Crippen LogP contribution in [-0.4, -0.2) is 42.3 Å². The molecule has 0 aliphatic heterocycles. The van der Waals surface area contributed by atoms with Crippen LogP contribution in [0.25, 0.3) is 11.3 Å². The van der Waals surface area contributed by atoms with Crippen LogP contribution in [0.15, 0.2) is 30.5 Å². The highest BCUT2D eigenvalue weighted by molar-refractivity contribution is 5.66. The number of nitrogens with two attached hydrogens (primary N) is 1. The summed E-state index contributed by atoms with van der Waals surface area (Å²) in [6.07, 6.45) is 1.88. The van der Waals surface area contributed by atoms with Crippen LogP contribution in [0.1, 0.15) is 5.56 Å². The van der Waals surface area contributed by atoms with Crippen LogP contribution < -0.4 is 11.1 Å². The van der Waals surface area contributed by atoms with Gasteiger partial charge in [0, 0.05) is 36.4 Å². The van der Waals surface area contributed by atoms with Crippen molar-refractivity contribution in [3.05, 3.63) is 36.0 Å². The summed E-state index contributed by atoms with van der Waals surface area (Å²) in [6, 6.07) is 7.85. The van der Waals surface area contributed by atoms with Crippen molar-refractivity contribution in [2.24, 2.45) is 0 Å². The van der Waals surface area contributed by atoms with Crippen LogP contribution in [0, 0.1) is 0 Å². The molecule has 0 amide bonds. The highest BCUT2D eigenvalue weighted by atomic mass is 15.1. The molecule has 0 spiro atoms. The first-order chi connectivity index (χ1) is 9.20. The quantitative estimate of drug-likeness (QED) is 0.684. The van der Waals surface area contributed by atoms with Crippen molar-refractivity contribution >= 4 is 5.69 Å². The SMILES string of the molecule is CNCCN(C)Cc1cn[nH]c1-c1cccc(N)c1. The van der Waals surface area contributed by atoms with Gasteiger partial charge in [0.1, 0.15) is 0 Å². The van der Waals surface area contributed by atoms with E-state index in [4.69, 9.17) is 5.73 Å². The molecule has 19 heavy (non-hydrogen) atoms. The maximum Gasteiger partial charge on any atom is 0.0696 e. The van der Waals surface area contributed by atoms with Gasteiger partial charge in [-0.05, 0) is 26.2 Å². The zero-order valence-electron chi connectivity index (χ0n) is 11.5. The summed E-state index contributed by atoms with van der Waals surface area (Å²) < 4.78 is 0. The summed E-state index contributed by atoms with van der Waals surface area (Å²) in [4.78, 5) is 2.26. The number of likely N-dealkylation sites (N-methyl/N-ethyl adjacent to an activating group) is 2. The molecule has 0 atom stereocenters. The largest absolute Gasteiger partial charge is 0.399 e. The minimum Gasteiger partial charge on any atom is -0.399 e. The molecular weight excluding hydrogens is 238 g/mol. The van der Waals surface area contributed by atoms with Crippen LogP contribution in [0.5, 0.6) is 0 Å². The van der Waals surface area contributed by atoms with Gasteiger partial charge in [-0.2, -0.15) is 5.10 Å². The van der Waals surface area contributed by atoms with Gasteiger partial charge in [0.05, 0.1) is 11.9 Å². The fourth-order valence-electron chi connectivity index (χ4n) is 2.05. The van der Waals surface area contributed by atoms with Crippen molar-refractivity contribution < 1.29 is 0 Å². The summed E-state index contributed by atoms with van der Waals surface area (Å²) in [6.45, 7) is 2.84. The first-order valence-electron chi connectivity index (χ1n) is 6.42. The van der Waals surface area contributed by atoms with E-state index in [1.807, 2.05) is 37.5 Å². The number of aromatic amines is 1. The van der Waals surface area contributed by atoms with E-state index in [0.29, 0.717) is 0 Å². The third kappa shape index (κ3) is 3.56. The van der Waals surface area contributed by atoms with Gasteiger partial charge in [-0.1, -0.05) is 12.1 Å². The van der Waals surface area contributed by atoms with E-state index in [-0.39, 0.29) is 0 Å². The average Bonchev–Trinajstić information content (AvgIpc) is 2.84. The van der Waals surface area contributed by atoms with E-state index >= 15 is 0 Å². The van der Waals surface area contributed by atoms with Gasteiger partial charge in [0.25, 0.3) is 0 Å². The lowest BCUT2D eigenvalue weighted by molar-refractivity contribution is 0.328. The third-order valence-electron chi connectivity index (χ3n) is 3.08. The fourth-order valence-corrected chi connectivity index (χ4v) is 2.05. The predicted molar refractivity (Wildman–Crippen MR) is 78.7 cm³/mol. The number of hydrogen-bond donors (Lipinski definition) is 3. The third-order valence-corrected chi connectivity index (χ3v) is 3.08. The van der Waals surface area contributed by atoms with Crippen LogP contribution in [-0.2, 0) is 6.54 Å². The Balaban J connectivity index is 2.13. The molecular formula is C14H21N5. The second-order valence-corrected chi connectivity index (χ2v) is 4.74. The Kier molecular flexibility index (Phi) is 4.54. The predicted octanol–water partition coefficient (Wildman–Crippen LogP) is 1.31. The molecule has 0 radical (unpaired) electrons. The molecule has 0 aliphatic carbocycles. The minimum absolute atomic E-state index is 0.765.